The maximum absolute atomic E-state index is 11.8. The largest absolute Gasteiger partial charge is 0.476 e. The minimum Gasteiger partial charge on any atom is -0.476 e. The Kier molecular flexibility index (Phi) is 2.37. The Bertz CT molecular complexity index is 595. The summed E-state index contributed by atoms with van der Waals surface area (Å²) in [5.74, 6) is 0.509. The van der Waals surface area contributed by atoms with Gasteiger partial charge in [-0.25, -0.2) is 0 Å². The van der Waals surface area contributed by atoms with E-state index in [-0.39, 0.29) is 11.3 Å². The molecule has 1 aliphatic carbocycles. The number of nitrogens with zero attached hydrogens (tertiary/aromatic N) is 1. The Labute approximate surface area is 112 Å². The molecule has 4 heteroatoms. The summed E-state index contributed by atoms with van der Waals surface area (Å²) in [6.45, 7) is 3.47. The highest BCUT2D eigenvalue weighted by Crippen LogP contribution is 2.46. The molecule has 0 atom stereocenters. The zero-order valence-corrected chi connectivity index (χ0v) is 11.1. The van der Waals surface area contributed by atoms with Crippen molar-refractivity contribution in [2.45, 2.75) is 44.1 Å². The highest BCUT2D eigenvalue weighted by Gasteiger charge is 2.41. The van der Waals surface area contributed by atoms with E-state index in [1.807, 2.05) is 18.2 Å². The van der Waals surface area contributed by atoms with Gasteiger partial charge in [-0.1, -0.05) is 6.07 Å². The summed E-state index contributed by atoms with van der Waals surface area (Å²) < 4.78 is 5.76. The molecule has 1 N–H and O–H groups in total. The first kappa shape index (κ1) is 12.0. The molecule has 98 valence electrons. The Morgan fingerprint density at radius 3 is 2.68 bits per heavy atom. The average molecular weight is 256 g/mol. The molecule has 1 fully saturated rings. The predicted molar refractivity (Wildman–Crippen MR) is 70.9 cm³/mol. The SMILES string of the molecule is CC1(C)Oc2cc(C3(C#N)CCC3)ccc2NC1=O. The lowest BCUT2D eigenvalue weighted by Crippen LogP contribution is -2.45. The van der Waals surface area contributed by atoms with E-state index in [0.29, 0.717) is 11.4 Å². The fourth-order valence-corrected chi connectivity index (χ4v) is 2.60. The third-order valence-electron chi connectivity index (χ3n) is 4.12. The second kappa shape index (κ2) is 3.74. The number of nitriles is 1. The van der Waals surface area contributed by atoms with E-state index < -0.39 is 5.60 Å². The van der Waals surface area contributed by atoms with E-state index in [0.717, 1.165) is 24.8 Å². The molecular formula is C15H16N2O2. The van der Waals surface area contributed by atoms with Crippen molar-refractivity contribution in [1.82, 2.24) is 0 Å². The molecule has 0 spiro atoms. The van der Waals surface area contributed by atoms with Crippen molar-refractivity contribution in [2.24, 2.45) is 0 Å². The maximum Gasteiger partial charge on any atom is 0.268 e. The monoisotopic (exact) mass is 256 g/mol. The molecular weight excluding hydrogens is 240 g/mol. The number of ether oxygens (including phenoxy) is 1. The number of rotatable bonds is 1. The van der Waals surface area contributed by atoms with Crippen LogP contribution in [0.4, 0.5) is 5.69 Å². The van der Waals surface area contributed by atoms with Crippen molar-refractivity contribution in [3.63, 3.8) is 0 Å². The molecule has 4 nitrogen and oxygen atoms in total. The van der Waals surface area contributed by atoms with Crippen molar-refractivity contribution < 1.29 is 9.53 Å². The first-order chi connectivity index (χ1) is 8.97. The number of carbonyl (C=O) groups is 1. The van der Waals surface area contributed by atoms with E-state index in [1.54, 1.807) is 13.8 Å². The Balaban J connectivity index is 2.02. The van der Waals surface area contributed by atoms with Gasteiger partial charge in [-0.3, -0.25) is 4.79 Å². The second-order valence-electron chi connectivity index (χ2n) is 5.82. The fraction of sp³-hybridized carbons (Fsp3) is 0.467. The standard InChI is InChI=1S/C15H16N2O2/c1-14(2)13(18)17-11-5-4-10(8-12(11)19-14)15(9-16)6-3-7-15/h4-5,8H,3,6-7H2,1-2H3,(H,17,18). The minimum atomic E-state index is -0.870. The van der Waals surface area contributed by atoms with Crippen LogP contribution in [0.15, 0.2) is 18.2 Å². The molecule has 3 rings (SSSR count). The lowest BCUT2D eigenvalue weighted by Gasteiger charge is -2.37. The van der Waals surface area contributed by atoms with Crippen molar-refractivity contribution in [2.75, 3.05) is 5.32 Å². The zero-order valence-electron chi connectivity index (χ0n) is 11.1. The topological polar surface area (TPSA) is 62.1 Å². The van der Waals surface area contributed by atoms with Gasteiger partial charge >= 0.3 is 0 Å². The van der Waals surface area contributed by atoms with Crippen LogP contribution in [0.5, 0.6) is 5.75 Å². The highest BCUT2D eigenvalue weighted by atomic mass is 16.5. The van der Waals surface area contributed by atoms with Crippen LogP contribution in [0.2, 0.25) is 0 Å². The average Bonchev–Trinajstić information content (AvgIpc) is 2.30. The Morgan fingerprint density at radius 2 is 2.11 bits per heavy atom. The molecule has 0 bridgehead atoms. The lowest BCUT2D eigenvalue weighted by molar-refractivity contribution is -0.129. The van der Waals surface area contributed by atoms with E-state index >= 15 is 0 Å². The van der Waals surface area contributed by atoms with E-state index in [1.165, 1.54) is 0 Å². The summed E-state index contributed by atoms with van der Waals surface area (Å²) in [6.07, 6.45) is 2.89. The number of anilines is 1. The van der Waals surface area contributed by atoms with Crippen molar-refractivity contribution >= 4 is 11.6 Å². The minimum absolute atomic E-state index is 0.147. The van der Waals surface area contributed by atoms with Crippen molar-refractivity contribution in [3.05, 3.63) is 23.8 Å². The number of benzene rings is 1. The van der Waals surface area contributed by atoms with Crippen molar-refractivity contribution in [1.29, 1.82) is 5.26 Å². The van der Waals surface area contributed by atoms with Gasteiger partial charge in [0.05, 0.1) is 17.2 Å². The summed E-state index contributed by atoms with van der Waals surface area (Å²) in [7, 11) is 0. The highest BCUT2D eigenvalue weighted by molar-refractivity contribution is 6.00. The van der Waals surface area contributed by atoms with Crippen molar-refractivity contribution in [3.8, 4) is 11.8 Å². The van der Waals surface area contributed by atoms with E-state index in [4.69, 9.17) is 4.74 Å². The van der Waals surface area contributed by atoms with Crippen LogP contribution in [0.1, 0.15) is 38.7 Å². The molecule has 1 aromatic rings. The smallest absolute Gasteiger partial charge is 0.268 e. The lowest BCUT2D eigenvalue weighted by atomic mass is 9.65. The van der Waals surface area contributed by atoms with Gasteiger partial charge in [-0.05, 0) is 50.8 Å². The summed E-state index contributed by atoms with van der Waals surface area (Å²) in [6, 6.07) is 8.07. The normalized spacial score (nSPS) is 22.3. The number of hydrogen-bond acceptors (Lipinski definition) is 3. The van der Waals surface area contributed by atoms with E-state index in [9.17, 15) is 10.1 Å². The van der Waals surface area contributed by atoms with Gasteiger partial charge in [-0.15, -0.1) is 0 Å². The molecule has 1 saturated carbocycles. The van der Waals surface area contributed by atoms with Gasteiger partial charge in [-0.2, -0.15) is 5.26 Å². The second-order valence-corrected chi connectivity index (χ2v) is 5.82. The van der Waals surface area contributed by atoms with Gasteiger partial charge in [0, 0.05) is 0 Å². The van der Waals surface area contributed by atoms with Gasteiger partial charge in [0.1, 0.15) is 5.75 Å². The molecule has 2 aliphatic rings. The molecule has 0 radical (unpaired) electrons. The van der Waals surface area contributed by atoms with Crippen LogP contribution < -0.4 is 10.1 Å². The molecule has 19 heavy (non-hydrogen) atoms. The quantitative estimate of drug-likeness (QED) is 0.840. The number of carbonyl (C=O) groups excluding carboxylic acids is 1. The van der Waals surface area contributed by atoms with Crippen LogP contribution in [-0.4, -0.2) is 11.5 Å². The number of hydrogen-bond donors (Lipinski definition) is 1. The summed E-state index contributed by atoms with van der Waals surface area (Å²) >= 11 is 0. The van der Waals surface area contributed by atoms with Crippen LogP contribution in [0.3, 0.4) is 0 Å². The molecule has 1 heterocycles. The summed E-state index contributed by atoms with van der Waals surface area (Å²) in [5.41, 5.74) is 0.446. The maximum atomic E-state index is 11.8. The Morgan fingerprint density at radius 1 is 1.37 bits per heavy atom. The third kappa shape index (κ3) is 1.69. The van der Waals surface area contributed by atoms with Gasteiger partial charge in [0.25, 0.3) is 5.91 Å². The molecule has 0 unspecified atom stereocenters. The fourth-order valence-electron chi connectivity index (χ4n) is 2.60. The van der Waals surface area contributed by atoms with Gasteiger partial charge in [0.2, 0.25) is 0 Å². The molecule has 1 aromatic carbocycles. The van der Waals surface area contributed by atoms with Crippen LogP contribution >= 0.6 is 0 Å². The number of amides is 1. The van der Waals surface area contributed by atoms with Crippen LogP contribution in [0.25, 0.3) is 0 Å². The third-order valence-corrected chi connectivity index (χ3v) is 4.12. The number of fused-ring (bicyclic) bond motifs is 1. The van der Waals surface area contributed by atoms with E-state index in [2.05, 4.69) is 11.4 Å². The molecule has 1 aliphatic heterocycles. The summed E-state index contributed by atoms with van der Waals surface area (Å²) in [5, 5.41) is 12.2. The zero-order chi connectivity index (χ0) is 13.7. The van der Waals surface area contributed by atoms with Gasteiger partial charge < -0.3 is 10.1 Å². The Hall–Kier alpha value is -2.02. The predicted octanol–water partition coefficient (Wildman–Crippen LogP) is 2.74. The molecule has 0 saturated heterocycles. The first-order valence-electron chi connectivity index (χ1n) is 6.53. The van der Waals surface area contributed by atoms with Gasteiger partial charge in [0.15, 0.2) is 5.60 Å². The van der Waals surface area contributed by atoms with Crippen LogP contribution in [-0.2, 0) is 10.2 Å². The first-order valence-corrected chi connectivity index (χ1v) is 6.53. The molecule has 1 amide bonds. The number of nitrogens with one attached hydrogen (secondary N) is 1. The molecule has 0 aromatic heterocycles. The van der Waals surface area contributed by atoms with Crippen LogP contribution in [0, 0.1) is 11.3 Å². The summed E-state index contributed by atoms with van der Waals surface area (Å²) in [4.78, 5) is 11.8.